The molecule has 2 rings (SSSR count). The Labute approximate surface area is 152 Å². The predicted octanol–water partition coefficient (Wildman–Crippen LogP) is 1.44. The van der Waals surface area contributed by atoms with E-state index in [1.54, 1.807) is 24.3 Å². The van der Waals surface area contributed by atoms with Crippen LogP contribution in [0.2, 0.25) is 0 Å². The maximum absolute atomic E-state index is 12.3. The molecule has 0 aliphatic rings. The Hall–Kier alpha value is -2.67. The van der Waals surface area contributed by atoms with E-state index in [0.29, 0.717) is 43.0 Å². The molecule has 2 amide bonds. The number of rotatable bonds is 9. The average Bonchev–Trinajstić information content (AvgIpc) is 2.63. The van der Waals surface area contributed by atoms with Crippen molar-refractivity contribution in [2.24, 2.45) is 5.92 Å². The van der Waals surface area contributed by atoms with Gasteiger partial charge < -0.3 is 20.4 Å². The molecule has 0 fully saturated rings. The number of amides is 2. The quantitative estimate of drug-likeness (QED) is 0.590. The Bertz CT molecular complexity index is 814. The van der Waals surface area contributed by atoms with Gasteiger partial charge in [0.15, 0.2) is 0 Å². The largest absolute Gasteiger partial charge is 0.381 e. The number of H-pyrrole nitrogens is 1. The van der Waals surface area contributed by atoms with Crippen LogP contribution < -0.4 is 16.1 Å². The Morgan fingerprint density at radius 3 is 2.73 bits per heavy atom. The molecule has 3 N–H and O–H groups in total. The van der Waals surface area contributed by atoms with Gasteiger partial charge in [0.1, 0.15) is 5.56 Å². The molecule has 2 aromatic rings. The van der Waals surface area contributed by atoms with Crippen LogP contribution in [0.15, 0.2) is 35.3 Å². The Morgan fingerprint density at radius 2 is 1.96 bits per heavy atom. The number of ether oxygens (including phenoxy) is 1. The summed E-state index contributed by atoms with van der Waals surface area (Å²) < 4.78 is 5.42. The van der Waals surface area contributed by atoms with E-state index in [1.165, 1.54) is 6.20 Å². The molecule has 0 aliphatic heterocycles. The van der Waals surface area contributed by atoms with Crippen molar-refractivity contribution in [1.82, 2.24) is 15.6 Å². The van der Waals surface area contributed by atoms with Gasteiger partial charge in [0.2, 0.25) is 11.3 Å². The summed E-state index contributed by atoms with van der Waals surface area (Å²) in [6, 6.07) is 6.95. The third-order valence-electron chi connectivity index (χ3n) is 3.68. The summed E-state index contributed by atoms with van der Waals surface area (Å²) in [5.74, 6) is -0.398. The molecule has 7 nitrogen and oxygen atoms in total. The average molecular weight is 359 g/mol. The van der Waals surface area contributed by atoms with Crippen molar-refractivity contribution in [1.29, 1.82) is 0 Å². The number of hydrogen-bond acceptors (Lipinski definition) is 4. The van der Waals surface area contributed by atoms with Crippen LogP contribution in [0.25, 0.3) is 10.9 Å². The predicted molar refractivity (Wildman–Crippen MR) is 100 cm³/mol. The highest BCUT2D eigenvalue weighted by molar-refractivity contribution is 5.98. The summed E-state index contributed by atoms with van der Waals surface area (Å²) >= 11 is 0. The van der Waals surface area contributed by atoms with E-state index in [2.05, 4.69) is 29.5 Å². The van der Waals surface area contributed by atoms with Crippen LogP contribution in [0, 0.1) is 5.92 Å². The van der Waals surface area contributed by atoms with Gasteiger partial charge in [-0.2, -0.15) is 0 Å². The first-order valence-electron chi connectivity index (χ1n) is 8.72. The van der Waals surface area contributed by atoms with Crippen molar-refractivity contribution < 1.29 is 14.3 Å². The number of carbonyl (C=O) groups excluding carboxylic acids is 2. The molecule has 0 unspecified atom stereocenters. The zero-order chi connectivity index (χ0) is 18.9. The maximum atomic E-state index is 12.3. The number of nitrogens with one attached hydrogen (secondary N) is 3. The summed E-state index contributed by atoms with van der Waals surface area (Å²) in [6.45, 7) is 5.72. The Kier molecular flexibility index (Phi) is 7.35. The second kappa shape index (κ2) is 9.72. The molecule has 26 heavy (non-hydrogen) atoms. The Balaban J connectivity index is 1.77. The smallest absolute Gasteiger partial charge is 0.257 e. The van der Waals surface area contributed by atoms with Crippen LogP contribution in [-0.4, -0.2) is 43.1 Å². The number of fused-ring (bicyclic) bond motifs is 1. The van der Waals surface area contributed by atoms with E-state index >= 15 is 0 Å². The fourth-order valence-corrected chi connectivity index (χ4v) is 2.38. The molecule has 1 aromatic heterocycles. The number of benzene rings is 1. The first-order chi connectivity index (χ1) is 12.5. The van der Waals surface area contributed by atoms with E-state index in [-0.39, 0.29) is 23.4 Å². The fraction of sp³-hybridized carbons (Fsp3) is 0.421. The number of carbonyl (C=O) groups is 2. The standard InChI is InChI=1S/C19H25N3O4/c1-13(2)12-26-9-5-8-20-17(23)11-22-19(25)15-10-21-16-7-4-3-6-14(16)18(15)24/h3-4,6-7,10,13H,5,8-9,11-12H2,1-2H3,(H,20,23)(H,21,24)(H,22,25). The minimum Gasteiger partial charge on any atom is -0.381 e. The molecule has 0 saturated heterocycles. The van der Waals surface area contributed by atoms with Crippen molar-refractivity contribution in [3.05, 3.63) is 46.2 Å². The van der Waals surface area contributed by atoms with E-state index in [9.17, 15) is 14.4 Å². The maximum Gasteiger partial charge on any atom is 0.257 e. The van der Waals surface area contributed by atoms with Gasteiger partial charge in [-0.15, -0.1) is 0 Å². The molecular formula is C19H25N3O4. The van der Waals surface area contributed by atoms with E-state index in [4.69, 9.17) is 4.74 Å². The molecule has 1 aromatic carbocycles. The normalized spacial score (nSPS) is 10.9. The summed E-state index contributed by atoms with van der Waals surface area (Å²) in [5, 5.41) is 5.61. The van der Waals surface area contributed by atoms with Crippen LogP contribution in [0.5, 0.6) is 0 Å². The third-order valence-corrected chi connectivity index (χ3v) is 3.68. The number of aromatic nitrogens is 1. The zero-order valence-electron chi connectivity index (χ0n) is 15.1. The Morgan fingerprint density at radius 1 is 1.19 bits per heavy atom. The highest BCUT2D eigenvalue weighted by Gasteiger charge is 2.13. The van der Waals surface area contributed by atoms with Crippen LogP contribution in [0.1, 0.15) is 30.6 Å². The van der Waals surface area contributed by atoms with Gasteiger partial charge in [0, 0.05) is 36.9 Å². The van der Waals surface area contributed by atoms with Crippen molar-refractivity contribution in [2.45, 2.75) is 20.3 Å². The van der Waals surface area contributed by atoms with Crippen LogP contribution in [0.4, 0.5) is 0 Å². The molecule has 140 valence electrons. The second-order valence-electron chi connectivity index (χ2n) is 6.43. The van der Waals surface area contributed by atoms with Crippen molar-refractivity contribution in [3.63, 3.8) is 0 Å². The van der Waals surface area contributed by atoms with Gasteiger partial charge in [-0.25, -0.2) is 0 Å². The first kappa shape index (κ1) is 19.7. The SMILES string of the molecule is CC(C)COCCCNC(=O)CNC(=O)c1c[nH]c2ccccc2c1=O. The van der Waals surface area contributed by atoms with Gasteiger partial charge in [0.05, 0.1) is 6.54 Å². The van der Waals surface area contributed by atoms with Crippen LogP contribution >= 0.6 is 0 Å². The summed E-state index contributed by atoms with van der Waals surface area (Å²) in [4.78, 5) is 39.2. The minimum absolute atomic E-state index is 0.0152. The fourth-order valence-electron chi connectivity index (χ4n) is 2.38. The number of pyridine rings is 1. The first-order valence-corrected chi connectivity index (χ1v) is 8.72. The lowest BCUT2D eigenvalue weighted by Gasteiger charge is -2.09. The highest BCUT2D eigenvalue weighted by atomic mass is 16.5. The monoisotopic (exact) mass is 359 g/mol. The zero-order valence-corrected chi connectivity index (χ0v) is 15.1. The summed E-state index contributed by atoms with van der Waals surface area (Å²) in [7, 11) is 0. The lowest BCUT2D eigenvalue weighted by atomic mass is 10.1. The van der Waals surface area contributed by atoms with Crippen molar-refractivity contribution in [2.75, 3.05) is 26.3 Å². The molecule has 0 aliphatic carbocycles. The molecule has 0 saturated carbocycles. The van der Waals surface area contributed by atoms with Gasteiger partial charge in [0.25, 0.3) is 5.91 Å². The molecule has 7 heteroatoms. The lowest BCUT2D eigenvalue weighted by Crippen LogP contribution is -2.39. The van der Waals surface area contributed by atoms with Crippen molar-refractivity contribution >= 4 is 22.7 Å². The number of para-hydroxylation sites is 1. The van der Waals surface area contributed by atoms with Gasteiger partial charge in [-0.3, -0.25) is 14.4 Å². The van der Waals surface area contributed by atoms with Crippen LogP contribution in [0.3, 0.4) is 0 Å². The van der Waals surface area contributed by atoms with Crippen LogP contribution in [-0.2, 0) is 9.53 Å². The molecule has 0 atom stereocenters. The van der Waals surface area contributed by atoms with Gasteiger partial charge in [-0.05, 0) is 24.5 Å². The molecular weight excluding hydrogens is 334 g/mol. The van der Waals surface area contributed by atoms with Gasteiger partial charge in [-0.1, -0.05) is 26.0 Å². The topological polar surface area (TPSA) is 100 Å². The minimum atomic E-state index is -0.576. The number of aromatic amines is 1. The summed E-state index contributed by atoms with van der Waals surface area (Å²) in [5.41, 5.74) is 0.282. The molecule has 0 radical (unpaired) electrons. The van der Waals surface area contributed by atoms with E-state index < -0.39 is 5.91 Å². The van der Waals surface area contributed by atoms with Crippen molar-refractivity contribution in [3.8, 4) is 0 Å². The number of hydrogen-bond donors (Lipinski definition) is 3. The molecule has 0 bridgehead atoms. The molecule has 1 heterocycles. The third kappa shape index (κ3) is 5.70. The van der Waals surface area contributed by atoms with Gasteiger partial charge >= 0.3 is 0 Å². The molecule has 0 spiro atoms. The van der Waals surface area contributed by atoms with E-state index in [0.717, 1.165) is 0 Å². The summed E-state index contributed by atoms with van der Waals surface area (Å²) in [6.07, 6.45) is 2.07. The lowest BCUT2D eigenvalue weighted by molar-refractivity contribution is -0.120. The highest BCUT2D eigenvalue weighted by Crippen LogP contribution is 2.06. The van der Waals surface area contributed by atoms with E-state index in [1.807, 2.05) is 0 Å². The second-order valence-corrected chi connectivity index (χ2v) is 6.43.